The SMILES string of the molecule is CCNC1C(S(=O)(=O)C2CCCC(C)C2)CCCC1(C)C. The van der Waals surface area contributed by atoms with Crippen molar-refractivity contribution in [2.75, 3.05) is 6.54 Å². The van der Waals surface area contributed by atoms with Crippen LogP contribution in [0.2, 0.25) is 0 Å². The fourth-order valence-corrected chi connectivity index (χ4v) is 7.42. The Morgan fingerprint density at radius 2 is 1.86 bits per heavy atom. The molecule has 21 heavy (non-hydrogen) atoms. The van der Waals surface area contributed by atoms with Crippen LogP contribution in [0.1, 0.15) is 72.6 Å². The van der Waals surface area contributed by atoms with Crippen molar-refractivity contribution in [1.82, 2.24) is 5.32 Å². The first-order valence-electron chi connectivity index (χ1n) is 8.75. The third-order valence-corrected chi connectivity index (χ3v) is 8.43. The molecule has 0 aromatic heterocycles. The molecule has 2 aliphatic carbocycles. The van der Waals surface area contributed by atoms with Crippen molar-refractivity contribution in [2.24, 2.45) is 11.3 Å². The Morgan fingerprint density at radius 1 is 1.14 bits per heavy atom. The molecule has 0 aliphatic heterocycles. The molecular formula is C17H33NO2S. The van der Waals surface area contributed by atoms with Gasteiger partial charge in [-0.15, -0.1) is 0 Å². The molecule has 0 spiro atoms. The van der Waals surface area contributed by atoms with Gasteiger partial charge in [-0.3, -0.25) is 0 Å². The summed E-state index contributed by atoms with van der Waals surface area (Å²) in [6.45, 7) is 9.59. The van der Waals surface area contributed by atoms with Crippen LogP contribution in [0.25, 0.3) is 0 Å². The minimum atomic E-state index is -3.02. The van der Waals surface area contributed by atoms with E-state index in [1.54, 1.807) is 0 Å². The van der Waals surface area contributed by atoms with Crippen molar-refractivity contribution in [3.05, 3.63) is 0 Å². The predicted molar refractivity (Wildman–Crippen MR) is 89.2 cm³/mol. The zero-order valence-electron chi connectivity index (χ0n) is 14.2. The highest BCUT2D eigenvalue weighted by Crippen LogP contribution is 2.41. The van der Waals surface area contributed by atoms with Crippen molar-refractivity contribution in [3.8, 4) is 0 Å². The first kappa shape index (κ1) is 17.3. The normalized spacial score (nSPS) is 37.3. The summed E-state index contributed by atoms with van der Waals surface area (Å²) in [7, 11) is -3.02. The Bertz CT molecular complexity index is 444. The van der Waals surface area contributed by atoms with Crippen LogP contribution in [0.5, 0.6) is 0 Å². The Kier molecular flexibility index (Phi) is 5.40. The largest absolute Gasteiger partial charge is 0.312 e. The van der Waals surface area contributed by atoms with Crippen molar-refractivity contribution in [3.63, 3.8) is 0 Å². The third-order valence-electron chi connectivity index (χ3n) is 5.72. The van der Waals surface area contributed by atoms with Crippen LogP contribution in [0, 0.1) is 11.3 Å². The molecule has 0 aromatic carbocycles. The minimum Gasteiger partial charge on any atom is -0.312 e. The summed E-state index contributed by atoms with van der Waals surface area (Å²) in [5.74, 6) is 0.563. The average Bonchev–Trinajstić information content (AvgIpc) is 2.40. The van der Waals surface area contributed by atoms with E-state index in [0.29, 0.717) is 5.92 Å². The summed E-state index contributed by atoms with van der Waals surface area (Å²) in [6.07, 6.45) is 7.03. The lowest BCUT2D eigenvalue weighted by Crippen LogP contribution is -2.57. The molecule has 1 N–H and O–H groups in total. The maximum absolute atomic E-state index is 13.2. The fraction of sp³-hybridized carbons (Fsp3) is 1.00. The van der Waals surface area contributed by atoms with Gasteiger partial charge in [-0.05, 0) is 43.6 Å². The summed E-state index contributed by atoms with van der Waals surface area (Å²) in [5.41, 5.74) is 0.0757. The van der Waals surface area contributed by atoms with E-state index in [4.69, 9.17) is 0 Å². The Morgan fingerprint density at radius 3 is 2.48 bits per heavy atom. The number of hydrogen-bond acceptors (Lipinski definition) is 3. The summed E-state index contributed by atoms with van der Waals surface area (Å²) in [5, 5.41) is 3.22. The number of hydrogen-bond donors (Lipinski definition) is 1. The summed E-state index contributed by atoms with van der Waals surface area (Å²) in [4.78, 5) is 0. The number of sulfone groups is 1. The zero-order valence-corrected chi connectivity index (χ0v) is 15.0. The molecule has 4 unspecified atom stereocenters. The highest BCUT2D eigenvalue weighted by Gasteiger charge is 2.47. The van der Waals surface area contributed by atoms with Crippen LogP contribution < -0.4 is 5.32 Å². The fourth-order valence-electron chi connectivity index (χ4n) is 4.49. The predicted octanol–water partition coefficient (Wildman–Crippen LogP) is 3.54. The molecule has 0 radical (unpaired) electrons. The molecule has 4 atom stereocenters. The molecule has 3 nitrogen and oxygen atoms in total. The molecule has 0 heterocycles. The van der Waals surface area contributed by atoms with Crippen molar-refractivity contribution < 1.29 is 8.42 Å². The second-order valence-electron chi connectivity index (χ2n) is 7.94. The number of nitrogens with one attached hydrogen (secondary N) is 1. The summed E-state index contributed by atoms with van der Waals surface area (Å²) >= 11 is 0. The van der Waals surface area contributed by atoms with Crippen LogP contribution in [0.15, 0.2) is 0 Å². The molecule has 0 aromatic rings. The van der Waals surface area contributed by atoms with E-state index < -0.39 is 9.84 Å². The molecule has 124 valence electrons. The molecule has 2 fully saturated rings. The second kappa shape index (κ2) is 6.57. The first-order valence-corrected chi connectivity index (χ1v) is 10.4. The third kappa shape index (κ3) is 3.64. The van der Waals surface area contributed by atoms with Crippen LogP contribution in [-0.2, 0) is 9.84 Å². The van der Waals surface area contributed by atoms with Gasteiger partial charge in [0.2, 0.25) is 0 Å². The van der Waals surface area contributed by atoms with Crippen molar-refractivity contribution in [1.29, 1.82) is 0 Å². The van der Waals surface area contributed by atoms with Crippen molar-refractivity contribution in [2.45, 2.75) is 89.2 Å². The zero-order chi connectivity index (χ0) is 15.7. The second-order valence-corrected chi connectivity index (χ2v) is 10.4. The van der Waals surface area contributed by atoms with Gasteiger partial charge in [0.25, 0.3) is 0 Å². The maximum Gasteiger partial charge on any atom is 0.157 e. The lowest BCUT2D eigenvalue weighted by Gasteiger charge is -2.45. The van der Waals surface area contributed by atoms with Gasteiger partial charge in [-0.2, -0.15) is 0 Å². The van der Waals surface area contributed by atoms with E-state index in [9.17, 15) is 8.42 Å². The lowest BCUT2D eigenvalue weighted by molar-refractivity contribution is 0.171. The lowest BCUT2D eigenvalue weighted by atomic mass is 9.73. The van der Waals surface area contributed by atoms with E-state index in [-0.39, 0.29) is 22.0 Å². The smallest absolute Gasteiger partial charge is 0.157 e. The van der Waals surface area contributed by atoms with Gasteiger partial charge in [-0.25, -0.2) is 8.42 Å². The quantitative estimate of drug-likeness (QED) is 0.863. The molecule has 4 heteroatoms. The van der Waals surface area contributed by atoms with Crippen LogP contribution >= 0.6 is 0 Å². The van der Waals surface area contributed by atoms with Gasteiger partial charge in [0.15, 0.2) is 9.84 Å². The number of rotatable bonds is 4. The highest BCUT2D eigenvalue weighted by molar-refractivity contribution is 7.92. The van der Waals surface area contributed by atoms with Crippen LogP contribution in [0.4, 0.5) is 0 Å². The monoisotopic (exact) mass is 315 g/mol. The molecule has 2 rings (SSSR count). The summed E-state index contributed by atoms with van der Waals surface area (Å²) in [6, 6.07) is 0.110. The van der Waals surface area contributed by atoms with Gasteiger partial charge in [-0.1, -0.05) is 47.0 Å². The van der Waals surface area contributed by atoms with Gasteiger partial charge in [0.05, 0.1) is 10.5 Å². The van der Waals surface area contributed by atoms with Gasteiger partial charge in [0, 0.05) is 6.04 Å². The molecular weight excluding hydrogens is 282 g/mol. The molecule has 0 saturated heterocycles. The van der Waals surface area contributed by atoms with Gasteiger partial charge < -0.3 is 5.32 Å². The van der Waals surface area contributed by atoms with Gasteiger partial charge >= 0.3 is 0 Å². The van der Waals surface area contributed by atoms with Crippen molar-refractivity contribution >= 4 is 9.84 Å². The Labute approximate surface area is 131 Å². The topological polar surface area (TPSA) is 46.2 Å². The van der Waals surface area contributed by atoms with Crippen LogP contribution in [-0.4, -0.2) is 31.5 Å². The minimum absolute atomic E-state index is 0.0757. The van der Waals surface area contributed by atoms with E-state index in [1.165, 1.54) is 6.42 Å². The summed E-state index contributed by atoms with van der Waals surface area (Å²) < 4.78 is 26.4. The highest BCUT2D eigenvalue weighted by atomic mass is 32.2. The maximum atomic E-state index is 13.2. The standard InChI is InChI=1S/C17H33NO2S/c1-5-18-16-15(10-7-11-17(16,3)4)21(19,20)14-9-6-8-13(2)12-14/h13-16,18H,5-12H2,1-4H3. The Hall–Kier alpha value is -0.0900. The van der Waals surface area contributed by atoms with Gasteiger partial charge in [0.1, 0.15) is 0 Å². The van der Waals surface area contributed by atoms with E-state index in [1.807, 2.05) is 0 Å². The first-order chi connectivity index (χ1) is 9.79. The van der Waals surface area contributed by atoms with Crippen LogP contribution in [0.3, 0.4) is 0 Å². The molecule has 0 amide bonds. The van der Waals surface area contributed by atoms with E-state index >= 15 is 0 Å². The molecule has 2 saturated carbocycles. The van der Waals surface area contributed by atoms with E-state index in [0.717, 1.165) is 45.1 Å². The van der Waals surface area contributed by atoms with E-state index in [2.05, 4.69) is 33.0 Å². The average molecular weight is 316 g/mol. The molecule has 2 aliphatic rings. The molecule has 0 bridgehead atoms. The Balaban J connectivity index is 2.23.